The van der Waals surface area contributed by atoms with Gasteiger partial charge < -0.3 is 14.9 Å². The lowest BCUT2D eigenvalue weighted by Gasteiger charge is -2.14. The third-order valence-corrected chi connectivity index (χ3v) is 2.36. The first-order valence-electron chi connectivity index (χ1n) is 5.28. The number of ether oxygens (including phenoxy) is 1. The summed E-state index contributed by atoms with van der Waals surface area (Å²) in [5, 5.41) is 18.0. The Morgan fingerprint density at radius 2 is 1.65 bits per heavy atom. The summed E-state index contributed by atoms with van der Waals surface area (Å²) in [6.07, 6.45) is 0.401. The number of carbonyl (C=O) groups is 2. The van der Waals surface area contributed by atoms with E-state index in [1.165, 1.54) is 12.1 Å². The van der Waals surface area contributed by atoms with E-state index in [9.17, 15) is 9.59 Å². The lowest BCUT2D eigenvalue weighted by atomic mass is 10.00. The fraction of sp³-hybridized carbons (Fsp3) is 0.333. The highest BCUT2D eigenvalue weighted by molar-refractivity contribution is 5.96. The summed E-state index contributed by atoms with van der Waals surface area (Å²) < 4.78 is 5.27. The van der Waals surface area contributed by atoms with Crippen molar-refractivity contribution in [3.63, 3.8) is 0 Å². The van der Waals surface area contributed by atoms with Crippen LogP contribution in [0.5, 0.6) is 5.75 Å². The Morgan fingerprint density at radius 1 is 1.12 bits per heavy atom. The molecule has 17 heavy (non-hydrogen) atoms. The first-order valence-corrected chi connectivity index (χ1v) is 5.28. The van der Waals surface area contributed by atoms with Gasteiger partial charge in [-0.3, -0.25) is 0 Å². The molecule has 0 saturated carbocycles. The van der Waals surface area contributed by atoms with Crippen molar-refractivity contribution < 1.29 is 24.5 Å². The first kappa shape index (κ1) is 13.0. The molecule has 0 atom stereocenters. The van der Waals surface area contributed by atoms with E-state index < -0.39 is 11.9 Å². The summed E-state index contributed by atoms with van der Waals surface area (Å²) in [6.45, 7) is 3.77. The van der Waals surface area contributed by atoms with Gasteiger partial charge in [0.1, 0.15) is 11.3 Å². The Morgan fingerprint density at radius 3 is 2.06 bits per heavy atom. The molecular weight excluding hydrogens is 224 g/mol. The monoisotopic (exact) mass is 238 g/mol. The molecule has 1 rings (SSSR count). The van der Waals surface area contributed by atoms with Gasteiger partial charge in [0.05, 0.1) is 12.2 Å². The van der Waals surface area contributed by atoms with Crippen LogP contribution in [0, 0.1) is 0 Å². The quantitative estimate of drug-likeness (QED) is 0.820. The van der Waals surface area contributed by atoms with Gasteiger partial charge in [-0.25, -0.2) is 9.59 Å². The number of benzene rings is 1. The molecule has 0 spiro atoms. The number of hydrogen-bond donors (Lipinski definition) is 2. The zero-order valence-corrected chi connectivity index (χ0v) is 9.69. The molecule has 0 aliphatic rings. The standard InChI is InChI=1S/C12H14O5/c1-3-7-8(11(13)14)5-6-9(12(15)16)10(7)17-4-2/h5-6H,3-4H2,1-2H3,(H,13,14)(H,15,16). The topological polar surface area (TPSA) is 83.8 Å². The van der Waals surface area contributed by atoms with Gasteiger partial charge >= 0.3 is 11.9 Å². The number of carboxylic acids is 2. The molecule has 0 amide bonds. The van der Waals surface area contributed by atoms with Gasteiger partial charge in [-0.15, -0.1) is 0 Å². The molecule has 0 bridgehead atoms. The van der Waals surface area contributed by atoms with E-state index in [1.54, 1.807) is 13.8 Å². The molecule has 92 valence electrons. The summed E-state index contributed by atoms with van der Waals surface area (Å²) in [7, 11) is 0. The molecule has 1 aromatic carbocycles. The van der Waals surface area contributed by atoms with Crippen molar-refractivity contribution in [2.24, 2.45) is 0 Å². The van der Waals surface area contributed by atoms with Crippen LogP contribution in [0.25, 0.3) is 0 Å². The van der Waals surface area contributed by atoms with Crippen LogP contribution < -0.4 is 4.74 Å². The lowest BCUT2D eigenvalue weighted by molar-refractivity contribution is 0.0676. The van der Waals surface area contributed by atoms with E-state index in [0.29, 0.717) is 12.0 Å². The molecule has 0 aliphatic heterocycles. The second kappa shape index (κ2) is 5.34. The molecule has 0 heterocycles. The van der Waals surface area contributed by atoms with Crippen molar-refractivity contribution >= 4 is 11.9 Å². The Bertz CT molecular complexity index is 450. The Kier molecular flexibility index (Phi) is 4.09. The van der Waals surface area contributed by atoms with Crippen LogP contribution in [0.15, 0.2) is 12.1 Å². The number of rotatable bonds is 5. The van der Waals surface area contributed by atoms with Crippen molar-refractivity contribution in [1.29, 1.82) is 0 Å². The maximum atomic E-state index is 11.0. The molecule has 0 unspecified atom stereocenters. The van der Waals surface area contributed by atoms with Gasteiger partial charge in [0.25, 0.3) is 0 Å². The maximum Gasteiger partial charge on any atom is 0.339 e. The molecule has 1 aromatic rings. The number of carboxylic acid groups (broad SMARTS) is 2. The smallest absolute Gasteiger partial charge is 0.339 e. The second-order valence-electron chi connectivity index (χ2n) is 3.37. The summed E-state index contributed by atoms with van der Waals surface area (Å²) in [5.41, 5.74) is 0.494. The Hall–Kier alpha value is -2.04. The predicted octanol–water partition coefficient (Wildman–Crippen LogP) is 2.04. The van der Waals surface area contributed by atoms with Crippen LogP contribution in [0.2, 0.25) is 0 Å². The normalized spacial score (nSPS) is 10.0. The van der Waals surface area contributed by atoms with E-state index in [0.717, 1.165) is 0 Å². The van der Waals surface area contributed by atoms with Gasteiger partial charge in [0.15, 0.2) is 0 Å². The van der Waals surface area contributed by atoms with E-state index in [1.807, 2.05) is 0 Å². The van der Waals surface area contributed by atoms with Gasteiger partial charge in [-0.05, 0) is 25.5 Å². The largest absolute Gasteiger partial charge is 0.493 e. The highest BCUT2D eigenvalue weighted by Gasteiger charge is 2.20. The molecule has 0 saturated heterocycles. The summed E-state index contributed by atoms with van der Waals surface area (Å²) in [6, 6.07) is 2.56. The van der Waals surface area contributed by atoms with E-state index in [2.05, 4.69) is 0 Å². The van der Waals surface area contributed by atoms with Crippen molar-refractivity contribution in [3.8, 4) is 5.75 Å². The predicted molar refractivity (Wildman–Crippen MR) is 60.9 cm³/mol. The molecule has 5 heteroatoms. The van der Waals surface area contributed by atoms with E-state index in [4.69, 9.17) is 14.9 Å². The molecule has 0 aliphatic carbocycles. The Balaban J connectivity index is 3.49. The zero-order chi connectivity index (χ0) is 13.0. The van der Waals surface area contributed by atoms with Crippen molar-refractivity contribution in [2.45, 2.75) is 20.3 Å². The van der Waals surface area contributed by atoms with Crippen LogP contribution in [0.4, 0.5) is 0 Å². The lowest BCUT2D eigenvalue weighted by Crippen LogP contribution is -2.10. The molecule has 0 aromatic heterocycles. The molecular formula is C12H14O5. The summed E-state index contributed by atoms with van der Waals surface area (Å²) in [4.78, 5) is 22.0. The van der Waals surface area contributed by atoms with E-state index in [-0.39, 0.29) is 23.5 Å². The molecule has 0 fully saturated rings. The molecule has 5 nitrogen and oxygen atoms in total. The fourth-order valence-corrected chi connectivity index (χ4v) is 1.66. The molecule has 0 radical (unpaired) electrons. The SMILES string of the molecule is CCOc1c(C(=O)O)ccc(C(=O)O)c1CC. The van der Waals surface area contributed by atoms with Crippen LogP contribution in [0.3, 0.4) is 0 Å². The average Bonchev–Trinajstić information content (AvgIpc) is 2.28. The summed E-state index contributed by atoms with van der Waals surface area (Å²) in [5.74, 6) is -2.05. The van der Waals surface area contributed by atoms with Gasteiger partial charge in [0.2, 0.25) is 0 Å². The highest BCUT2D eigenvalue weighted by Crippen LogP contribution is 2.28. The first-order chi connectivity index (χ1) is 8.02. The van der Waals surface area contributed by atoms with Crippen molar-refractivity contribution in [3.05, 3.63) is 28.8 Å². The van der Waals surface area contributed by atoms with Crippen LogP contribution in [-0.2, 0) is 6.42 Å². The second-order valence-corrected chi connectivity index (χ2v) is 3.37. The van der Waals surface area contributed by atoms with Crippen LogP contribution in [0.1, 0.15) is 40.1 Å². The third-order valence-electron chi connectivity index (χ3n) is 2.36. The van der Waals surface area contributed by atoms with Crippen molar-refractivity contribution in [1.82, 2.24) is 0 Å². The maximum absolute atomic E-state index is 11.0. The number of aromatic carboxylic acids is 2. The highest BCUT2D eigenvalue weighted by atomic mass is 16.5. The zero-order valence-electron chi connectivity index (χ0n) is 9.69. The minimum absolute atomic E-state index is 0.00583. The van der Waals surface area contributed by atoms with Gasteiger partial charge in [0, 0.05) is 5.56 Å². The van der Waals surface area contributed by atoms with Crippen molar-refractivity contribution in [2.75, 3.05) is 6.61 Å². The van der Waals surface area contributed by atoms with Crippen LogP contribution in [-0.4, -0.2) is 28.8 Å². The summed E-state index contributed by atoms with van der Waals surface area (Å²) >= 11 is 0. The fourth-order valence-electron chi connectivity index (χ4n) is 1.66. The van der Waals surface area contributed by atoms with Gasteiger partial charge in [-0.1, -0.05) is 6.92 Å². The third kappa shape index (κ3) is 2.55. The minimum Gasteiger partial charge on any atom is -0.493 e. The average molecular weight is 238 g/mol. The van der Waals surface area contributed by atoms with E-state index >= 15 is 0 Å². The molecule has 2 N–H and O–H groups in total. The minimum atomic E-state index is -1.12. The Labute approximate surface area is 98.6 Å². The van der Waals surface area contributed by atoms with Crippen LogP contribution >= 0.6 is 0 Å². The van der Waals surface area contributed by atoms with Gasteiger partial charge in [-0.2, -0.15) is 0 Å². The number of hydrogen-bond acceptors (Lipinski definition) is 3.